The van der Waals surface area contributed by atoms with Gasteiger partial charge in [-0.3, -0.25) is 4.79 Å². The number of sulfone groups is 1. The van der Waals surface area contributed by atoms with E-state index >= 15 is 0 Å². The Morgan fingerprint density at radius 2 is 1.86 bits per heavy atom. The minimum atomic E-state index is -2.83. The predicted molar refractivity (Wildman–Crippen MR) is 83.8 cm³/mol. The molecule has 2 saturated heterocycles. The average molecular weight is 316 g/mol. The predicted octanol–water partition coefficient (Wildman–Crippen LogP) is 1.05. The maximum absolute atomic E-state index is 12.6. The van der Waals surface area contributed by atoms with Crippen molar-refractivity contribution in [1.29, 1.82) is 0 Å². The van der Waals surface area contributed by atoms with E-state index in [4.69, 9.17) is 0 Å². The van der Waals surface area contributed by atoms with E-state index in [9.17, 15) is 13.2 Å². The van der Waals surface area contributed by atoms with Gasteiger partial charge in [0, 0.05) is 13.1 Å². The maximum atomic E-state index is 12.6. The van der Waals surface area contributed by atoms with Gasteiger partial charge in [0.25, 0.3) is 0 Å². The molecule has 0 aromatic heterocycles. The summed E-state index contributed by atoms with van der Waals surface area (Å²) < 4.78 is 23.0. The fourth-order valence-corrected chi connectivity index (χ4v) is 5.00. The molecule has 6 heteroatoms. The van der Waals surface area contributed by atoms with Crippen LogP contribution in [0.25, 0.3) is 0 Å². The maximum Gasteiger partial charge on any atom is 0.239 e. The van der Waals surface area contributed by atoms with Crippen LogP contribution in [0.1, 0.15) is 39.5 Å². The van der Waals surface area contributed by atoms with Crippen LogP contribution in [0.4, 0.5) is 0 Å². The highest BCUT2D eigenvalue weighted by Crippen LogP contribution is 2.30. The lowest BCUT2D eigenvalue weighted by atomic mass is 9.87. The smallest absolute Gasteiger partial charge is 0.239 e. The van der Waals surface area contributed by atoms with E-state index in [0.717, 1.165) is 19.4 Å². The number of rotatable bonds is 3. The van der Waals surface area contributed by atoms with E-state index < -0.39 is 9.84 Å². The third-order valence-corrected chi connectivity index (χ3v) is 6.56. The third kappa shape index (κ3) is 4.42. The largest absolute Gasteiger partial charge is 0.341 e. The van der Waals surface area contributed by atoms with Crippen LogP contribution in [0, 0.1) is 11.3 Å². The Balaban J connectivity index is 2.03. The normalized spacial score (nSPS) is 30.1. The highest BCUT2D eigenvalue weighted by Gasteiger charge is 2.35. The van der Waals surface area contributed by atoms with Crippen LogP contribution in [-0.4, -0.2) is 56.9 Å². The molecule has 21 heavy (non-hydrogen) atoms. The summed E-state index contributed by atoms with van der Waals surface area (Å²) in [6, 6.07) is -0.0981. The Hall–Kier alpha value is -0.620. The number of nitrogens with zero attached hydrogens (tertiary/aromatic N) is 1. The molecule has 1 atom stereocenters. The highest BCUT2D eigenvalue weighted by molar-refractivity contribution is 7.91. The van der Waals surface area contributed by atoms with Crippen molar-refractivity contribution in [1.82, 2.24) is 10.2 Å². The van der Waals surface area contributed by atoms with Crippen LogP contribution in [-0.2, 0) is 14.6 Å². The van der Waals surface area contributed by atoms with E-state index in [2.05, 4.69) is 19.2 Å². The van der Waals surface area contributed by atoms with E-state index in [1.54, 1.807) is 0 Å². The van der Waals surface area contributed by atoms with Crippen LogP contribution in [0.5, 0.6) is 0 Å². The number of likely N-dealkylation sites (N-methyl/N-ethyl adjacent to an activating group) is 1. The number of likely N-dealkylation sites (tertiary alicyclic amines) is 1. The van der Waals surface area contributed by atoms with Crippen molar-refractivity contribution in [3.8, 4) is 0 Å². The van der Waals surface area contributed by atoms with Crippen molar-refractivity contribution in [2.45, 2.75) is 45.6 Å². The lowest BCUT2D eigenvalue weighted by Crippen LogP contribution is -2.47. The molecule has 2 rings (SSSR count). The second kappa shape index (κ2) is 6.24. The molecular formula is C15H28N2O3S. The molecule has 0 radical (unpaired) electrons. The van der Waals surface area contributed by atoms with Crippen molar-refractivity contribution >= 4 is 15.7 Å². The molecule has 2 heterocycles. The molecule has 1 N–H and O–H groups in total. The molecule has 1 unspecified atom stereocenters. The molecule has 2 aliphatic heterocycles. The van der Waals surface area contributed by atoms with Gasteiger partial charge in [-0.25, -0.2) is 8.42 Å². The second-order valence-corrected chi connectivity index (χ2v) is 9.66. The molecule has 0 aliphatic carbocycles. The Morgan fingerprint density at radius 1 is 1.24 bits per heavy atom. The van der Waals surface area contributed by atoms with E-state index in [1.807, 2.05) is 11.9 Å². The molecular weight excluding hydrogens is 288 g/mol. The molecule has 0 spiro atoms. The lowest BCUT2D eigenvalue weighted by molar-refractivity contribution is -0.134. The van der Waals surface area contributed by atoms with Gasteiger partial charge in [0.05, 0.1) is 17.5 Å². The fourth-order valence-electron chi connectivity index (χ4n) is 3.41. The number of carbonyl (C=O) groups excluding carboxylic acids is 1. The third-order valence-electron chi connectivity index (χ3n) is 4.84. The SMILES string of the molecule is CNC1CCC(C)(C)CN(CC2CCS(=O)(=O)CC2)C1=O. The molecule has 0 aromatic rings. The first-order valence-electron chi connectivity index (χ1n) is 7.89. The molecule has 1 amide bonds. The molecule has 0 aromatic carbocycles. The highest BCUT2D eigenvalue weighted by atomic mass is 32.2. The topological polar surface area (TPSA) is 66.5 Å². The Morgan fingerprint density at radius 3 is 2.43 bits per heavy atom. The van der Waals surface area contributed by atoms with E-state index in [0.29, 0.717) is 25.3 Å². The summed E-state index contributed by atoms with van der Waals surface area (Å²) in [6.45, 7) is 5.89. The summed E-state index contributed by atoms with van der Waals surface area (Å²) in [5.74, 6) is 1.05. The van der Waals surface area contributed by atoms with Gasteiger partial charge in [-0.1, -0.05) is 13.8 Å². The monoisotopic (exact) mass is 316 g/mol. The zero-order valence-electron chi connectivity index (χ0n) is 13.4. The fraction of sp³-hybridized carbons (Fsp3) is 0.933. The van der Waals surface area contributed by atoms with Gasteiger partial charge in [0.2, 0.25) is 5.91 Å². The summed E-state index contributed by atoms with van der Waals surface area (Å²) >= 11 is 0. The first-order chi connectivity index (χ1) is 9.72. The van der Waals surface area contributed by atoms with Crippen LogP contribution < -0.4 is 5.32 Å². The zero-order valence-corrected chi connectivity index (χ0v) is 14.2. The number of amides is 1. The van der Waals surface area contributed by atoms with Gasteiger partial charge in [-0.2, -0.15) is 0 Å². The van der Waals surface area contributed by atoms with Crippen molar-refractivity contribution in [2.75, 3.05) is 31.6 Å². The quantitative estimate of drug-likeness (QED) is 0.845. The first-order valence-corrected chi connectivity index (χ1v) is 9.71. The van der Waals surface area contributed by atoms with Crippen LogP contribution in [0.3, 0.4) is 0 Å². The lowest BCUT2D eigenvalue weighted by Gasteiger charge is -2.34. The van der Waals surface area contributed by atoms with Gasteiger partial charge in [0.1, 0.15) is 9.84 Å². The number of hydrogen-bond donors (Lipinski definition) is 1. The van der Waals surface area contributed by atoms with E-state index in [1.165, 1.54) is 0 Å². The second-order valence-electron chi connectivity index (χ2n) is 7.36. The molecule has 0 bridgehead atoms. The summed E-state index contributed by atoms with van der Waals surface area (Å²) in [6.07, 6.45) is 3.28. The number of hydrogen-bond acceptors (Lipinski definition) is 4. The van der Waals surface area contributed by atoms with Crippen molar-refractivity contribution in [3.63, 3.8) is 0 Å². The minimum absolute atomic E-state index is 0.0981. The summed E-state index contributed by atoms with van der Waals surface area (Å²) in [5.41, 5.74) is 0.127. The van der Waals surface area contributed by atoms with Gasteiger partial charge in [-0.15, -0.1) is 0 Å². The van der Waals surface area contributed by atoms with Gasteiger partial charge >= 0.3 is 0 Å². The molecule has 122 valence electrons. The minimum Gasteiger partial charge on any atom is -0.341 e. The van der Waals surface area contributed by atoms with Crippen LogP contribution >= 0.6 is 0 Å². The summed E-state index contributed by atoms with van der Waals surface area (Å²) in [7, 11) is -0.992. The van der Waals surface area contributed by atoms with Gasteiger partial charge in [0.15, 0.2) is 0 Å². The standard InChI is InChI=1S/C15H28N2O3S/c1-15(2)7-4-13(16-3)14(18)17(11-15)10-12-5-8-21(19,20)9-6-12/h12-13,16H,4-11H2,1-3H3. The zero-order chi connectivity index (χ0) is 15.7. The first kappa shape index (κ1) is 16.7. The molecule has 0 saturated carbocycles. The van der Waals surface area contributed by atoms with Crippen molar-refractivity contribution < 1.29 is 13.2 Å². The van der Waals surface area contributed by atoms with Crippen molar-refractivity contribution in [3.05, 3.63) is 0 Å². The molecule has 5 nitrogen and oxygen atoms in total. The average Bonchev–Trinajstić information content (AvgIpc) is 2.50. The van der Waals surface area contributed by atoms with E-state index in [-0.39, 0.29) is 28.9 Å². The summed E-state index contributed by atoms with van der Waals surface area (Å²) in [5, 5.41) is 3.12. The van der Waals surface area contributed by atoms with Crippen molar-refractivity contribution in [2.24, 2.45) is 11.3 Å². The summed E-state index contributed by atoms with van der Waals surface area (Å²) in [4.78, 5) is 14.6. The Kier molecular flexibility index (Phi) is 4.98. The molecule has 2 aliphatic rings. The van der Waals surface area contributed by atoms with Crippen LogP contribution in [0.2, 0.25) is 0 Å². The Bertz CT molecular complexity index is 473. The molecule has 2 fully saturated rings. The van der Waals surface area contributed by atoms with Crippen LogP contribution in [0.15, 0.2) is 0 Å². The van der Waals surface area contributed by atoms with Gasteiger partial charge in [-0.05, 0) is 44.1 Å². The Labute approximate surface area is 128 Å². The number of nitrogens with one attached hydrogen (secondary N) is 1. The van der Waals surface area contributed by atoms with Gasteiger partial charge < -0.3 is 10.2 Å². The number of carbonyl (C=O) groups is 1.